The van der Waals surface area contributed by atoms with Crippen LogP contribution in [0.2, 0.25) is 0 Å². The minimum atomic E-state index is -4.39. The van der Waals surface area contributed by atoms with E-state index in [1.54, 1.807) is 11.1 Å². The number of hydrogen-bond acceptors (Lipinski definition) is 5. The van der Waals surface area contributed by atoms with Gasteiger partial charge < -0.3 is 19.3 Å². The van der Waals surface area contributed by atoms with Gasteiger partial charge >= 0.3 is 12.1 Å². The Morgan fingerprint density at radius 2 is 2.00 bits per heavy atom. The van der Waals surface area contributed by atoms with E-state index in [1.165, 1.54) is 19.9 Å². The minimum Gasteiger partial charge on any atom is -0.479 e. The number of aromatic nitrogens is 2. The van der Waals surface area contributed by atoms with E-state index in [2.05, 4.69) is 4.98 Å². The normalized spacial score (nSPS) is 14.4. The summed E-state index contributed by atoms with van der Waals surface area (Å²) in [5.41, 5.74) is 1.18. The van der Waals surface area contributed by atoms with Gasteiger partial charge in [0, 0.05) is 28.7 Å². The number of fused-ring (bicyclic) bond motifs is 3. The fourth-order valence-corrected chi connectivity index (χ4v) is 4.89. The molecule has 34 heavy (non-hydrogen) atoms. The van der Waals surface area contributed by atoms with Crippen molar-refractivity contribution in [2.45, 2.75) is 51.6 Å². The second-order valence-corrected chi connectivity index (χ2v) is 9.80. The number of carboxylic acid groups (broad SMARTS) is 1. The van der Waals surface area contributed by atoms with Gasteiger partial charge in [-0.3, -0.25) is 4.79 Å². The summed E-state index contributed by atoms with van der Waals surface area (Å²) in [5.74, 6) is -1.28. The van der Waals surface area contributed by atoms with Crippen LogP contribution in [0.1, 0.15) is 41.3 Å². The number of hydrogen-bond donors (Lipinski definition) is 1. The van der Waals surface area contributed by atoms with E-state index >= 15 is 0 Å². The van der Waals surface area contributed by atoms with Crippen molar-refractivity contribution in [1.29, 1.82) is 0 Å². The number of ether oxygens (including phenoxy) is 1. The molecule has 0 atom stereocenters. The zero-order valence-corrected chi connectivity index (χ0v) is 19.5. The third-order valence-electron chi connectivity index (χ3n) is 5.92. The molecule has 1 N–H and O–H groups in total. The van der Waals surface area contributed by atoms with Crippen LogP contribution in [-0.4, -0.2) is 50.2 Å². The lowest BCUT2D eigenvalue weighted by molar-refractivity contribution is -0.162. The third-order valence-corrected chi connectivity index (χ3v) is 7.03. The number of thiophene rings is 1. The van der Waals surface area contributed by atoms with Gasteiger partial charge in [-0.25, -0.2) is 9.78 Å². The fourth-order valence-electron chi connectivity index (χ4n) is 4.03. The fraction of sp³-hybridized carbons (Fsp3) is 0.435. The predicted octanol–water partition coefficient (Wildman–Crippen LogP) is 4.32. The number of amides is 1. The Morgan fingerprint density at radius 1 is 1.24 bits per heavy atom. The van der Waals surface area contributed by atoms with Gasteiger partial charge in [0.15, 0.2) is 5.60 Å². The van der Waals surface area contributed by atoms with Crippen molar-refractivity contribution in [2.75, 3.05) is 13.2 Å². The molecule has 0 unspecified atom stereocenters. The average molecular weight is 496 g/mol. The van der Waals surface area contributed by atoms with Crippen LogP contribution in [0, 0.1) is 0 Å². The number of carbonyl (C=O) groups is 2. The molecular weight excluding hydrogens is 471 g/mol. The molecule has 0 saturated heterocycles. The van der Waals surface area contributed by atoms with Gasteiger partial charge in [0.25, 0.3) is 0 Å². The molecule has 0 saturated carbocycles. The smallest absolute Gasteiger partial charge is 0.425 e. The lowest BCUT2D eigenvalue weighted by Gasteiger charge is -2.29. The Hall–Kier alpha value is -2.92. The first-order valence-electron chi connectivity index (χ1n) is 10.7. The van der Waals surface area contributed by atoms with Crippen molar-refractivity contribution in [2.24, 2.45) is 0 Å². The summed E-state index contributed by atoms with van der Waals surface area (Å²) in [5, 5.41) is 10.1. The first kappa shape index (κ1) is 24.2. The molecule has 1 amide bonds. The molecule has 4 heterocycles. The van der Waals surface area contributed by atoms with E-state index in [-0.39, 0.29) is 25.5 Å². The molecule has 0 radical (unpaired) electrons. The molecule has 0 aliphatic carbocycles. The maximum atomic E-state index is 13.1. The average Bonchev–Trinajstić information content (AvgIpc) is 3.37. The zero-order valence-electron chi connectivity index (χ0n) is 18.7. The van der Waals surface area contributed by atoms with Crippen LogP contribution in [-0.2, 0) is 40.0 Å². The van der Waals surface area contributed by atoms with Crippen molar-refractivity contribution >= 4 is 34.2 Å². The summed E-state index contributed by atoms with van der Waals surface area (Å²) in [7, 11) is 0. The summed E-state index contributed by atoms with van der Waals surface area (Å²) in [6, 6.07) is 6.31. The molecular formula is C23H24F3N3O4S. The maximum Gasteiger partial charge on any atom is 0.425 e. The second-order valence-electron chi connectivity index (χ2n) is 8.63. The number of halogens is 3. The number of carbonyl (C=O) groups excluding carboxylic acids is 1. The van der Waals surface area contributed by atoms with E-state index in [0.29, 0.717) is 41.4 Å². The highest BCUT2D eigenvalue weighted by atomic mass is 32.1. The Morgan fingerprint density at radius 3 is 2.68 bits per heavy atom. The van der Waals surface area contributed by atoms with Gasteiger partial charge in [0.2, 0.25) is 5.91 Å². The van der Waals surface area contributed by atoms with Crippen molar-refractivity contribution in [3.63, 3.8) is 0 Å². The molecule has 0 fully saturated rings. The second kappa shape index (κ2) is 9.03. The van der Waals surface area contributed by atoms with Crippen LogP contribution in [0.25, 0.3) is 11.0 Å². The quantitative estimate of drug-likeness (QED) is 0.528. The first-order valence-corrected chi connectivity index (χ1v) is 11.5. The number of pyridine rings is 1. The van der Waals surface area contributed by atoms with Crippen LogP contribution in [0.15, 0.2) is 30.5 Å². The Bertz CT molecular complexity index is 1230. The van der Waals surface area contributed by atoms with Gasteiger partial charge in [-0.05, 0) is 50.1 Å². The van der Waals surface area contributed by atoms with Gasteiger partial charge in [-0.2, -0.15) is 13.2 Å². The summed E-state index contributed by atoms with van der Waals surface area (Å²) in [6.45, 7) is 3.83. The van der Waals surface area contributed by atoms with Crippen molar-refractivity contribution < 1.29 is 32.6 Å². The van der Waals surface area contributed by atoms with Gasteiger partial charge in [-0.15, -0.1) is 11.3 Å². The molecule has 182 valence electrons. The number of aliphatic carboxylic acids is 1. The first-order chi connectivity index (χ1) is 16.0. The van der Waals surface area contributed by atoms with Crippen LogP contribution >= 0.6 is 11.3 Å². The third kappa shape index (κ3) is 4.80. The predicted molar refractivity (Wildman–Crippen MR) is 120 cm³/mol. The Labute approximate surface area is 197 Å². The van der Waals surface area contributed by atoms with Gasteiger partial charge in [0.1, 0.15) is 10.5 Å². The molecule has 1 aliphatic rings. The van der Waals surface area contributed by atoms with Crippen LogP contribution in [0.3, 0.4) is 0 Å². The Balaban J connectivity index is 1.55. The molecule has 0 aromatic carbocycles. The summed E-state index contributed by atoms with van der Waals surface area (Å²) in [6.07, 6.45) is -2.12. The largest absolute Gasteiger partial charge is 0.479 e. The molecule has 3 aromatic heterocycles. The van der Waals surface area contributed by atoms with Gasteiger partial charge in [0.05, 0.1) is 26.1 Å². The van der Waals surface area contributed by atoms with Crippen molar-refractivity contribution in [3.8, 4) is 0 Å². The highest BCUT2D eigenvalue weighted by molar-refractivity contribution is 7.12. The van der Waals surface area contributed by atoms with E-state index in [1.807, 2.05) is 16.7 Å². The van der Waals surface area contributed by atoms with E-state index in [4.69, 9.17) is 9.84 Å². The van der Waals surface area contributed by atoms with E-state index < -0.39 is 22.6 Å². The van der Waals surface area contributed by atoms with E-state index in [9.17, 15) is 22.8 Å². The van der Waals surface area contributed by atoms with Crippen LogP contribution in [0.4, 0.5) is 13.2 Å². The van der Waals surface area contributed by atoms with Crippen molar-refractivity contribution in [1.82, 2.24) is 14.5 Å². The monoisotopic (exact) mass is 495 g/mol. The SMILES string of the molecule is CC(C)(OCCC(=O)N1CCc2c(n(Cc3ccc(C(F)(F)F)s3)c3ncccc23)C1)C(=O)O. The molecule has 0 bridgehead atoms. The summed E-state index contributed by atoms with van der Waals surface area (Å²) >= 11 is 0.701. The lowest BCUT2D eigenvalue weighted by Crippen LogP contribution is -2.39. The van der Waals surface area contributed by atoms with Crippen LogP contribution < -0.4 is 0 Å². The molecule has 7 nitrogen and oxygen atoms in total. The van der Waals surface area contributed by atoms with Gasteiger partial charge in [-0.1, -0.05) is 0 Å². The topological polar surface area (TPSA) is 84.7 Å². The number of alkyl halides is 3. The molecule has 4 rings (SSSR count). The highest BCUT2D eigenvalue weighted by Crippen LogP contribution is 2.36. The number of nitrogens with zero attached hydrogens (tertiary/aromatic N) is 3. The zero-order chi connectivity index (χ0) is 24.7. The van der Waals surface area contributed by atoms with Crippen LogP contribution in [0.5, 0.6) is 0 Å². The molecule has 1 aliphatic heterocycles. The van der Waals surface area contributed by atoms with E-state index in [0.717, 1.165) is 22.7 Å². The highest BCUT2D eigenvalue weighted by Gasteiger charge is 2.33. The maximum absolute atomic E-state index is 13.1. The number of rotatable bonds is 7. The summed E-state index contributed by atoms with van der Waals surface area (Å²) in [4.78, 5) is 30.0. The molecule has 0 spiro atoms. The number of carboxylic acids is 1. The summed E-state index contributed by atoms with van der Waals surface area (Å²) < 4.78 is 46.4. The minimum absolute atomic E-state index is 0.0263. The van der Waals surface area contributed by atoms with Crippen molar-refractivity contribution in [3.05, 3.63) is 51.5 Å². The molecule has 3 aromatic rings. The Kier molecular flexibility index (Phi) is 6.43. The standard InChI is InChI=1S/C23H24F3N3O4S/c1-22(2,21(31)32)33-11-8-19(30)28-10-7-15-16-4-3-9-27-20(16)29(17(15)13-28)12-14-5-6-18(34-14)23(24,25)26/h3-6,9H,7-8,10-13H2,1-2H3,(H,31,32). The molecule has 11 heteroatoms. The lowest BCUT2D eigenvalue weighted by atomic mass is 10.0.